The number of benzene rings is 1. The highest BCUT2D eigenvalue weighted by atomic mass is 35.5. The second-order valence-corrected chi connectivity index (χ2v) is 4.35. The van der Waals surface area contributed by atoms with E-state index in [1.807, 2.05) is 25.1 Å². The van der Waals surface area contributed by atoms with Crippen LogP contribution in [0.15, 0.2) is 30.6 Å². The average molecular weight is 269 g/mol. The van der Waals surface area contributed by atoms with Gasteiger partial charge in [0.15, 0.2) is 0 Å². The molecule has 0 spiro atoms. The molecule has 17 heavy (non-hydrogen) atoms. The van der Waals surface area contributed by atoms with Gasteiger partial charge in [0, 0.05) is 0 Å². The quantitative estimate of drug-likeness (QED) is 0.852. The van der Waals surface area contributed by atoms with E-state index in [4.69, 9.17) is 27.9 Å². The largest absolute Gasteiger partial charge is 0.486 e. The van der Waals surface area contributed by atoms with Gasteiger partial charge in [0.2, 0.25) is 0 Å². The maximum Gasteiger partial charge on any atom is 0.147 e. The SMILES string of the molecule is Cc1ccc(OCc2cnc(Cl)cn2)c(Cl)c1. The zero-order valence-electron chi connectivity index (χ0n) is 9.15. The lowest BCUT2D eigenvalue weighted by atomic mass is 10.2. The molecule has 0 aliphatic heterocycles. The van der Waals surface area contributed by atoms with Crippen LogP contribution in [0.1, 0.15) is 11.3 Å². The maximum atomic E-state index is 6.04. The summed E-state index contributed by atoms with van der Waals surface area (Å²) in [6.45, 7) is 2.29. The Hall–Kier alpha value is -1.32. The average Bonchev–Trinajstić information content (AvgIpc) is 2.30. The monoisotopic (exact) mass is 268 g/mol. The highest BCUT2D eigenvalue weighted by Crippen LogP contribution is 2.25. The zero-order chi connectivity index (χ0) is 12.3. The summed E-state index contributed by atoms with van der Waals surface area (Å²) in [5, 5.41) is 0.953. The van der Waals surface area contributed by atoms with Crippen molar-refractivity contribution >= 4 is 23.2 Å². The Labute approximate surface area is 109 Å². The summed E-state index contributed by atoms with van der Waals surface area (Å²) in [4.78, 5) is 8.00. The minimum Gasteiger partial charge on any atom is -0.486 e. The number of halogens is 2. The van der Waals surface area contributed by atoms with Crippen LogP contribution in [0, 0.1) is 6.92 Å². The molecule has 3 nitrogen and oxygen atoms in total. The van der Waals surface area contributed by atoms with Crippen LogP contribution >= 0.6 is 23.2 Å². The molecule has 1 heterocycles. The van der Waals surface area contributed by atoms with E-state index < -0.39 is 0 Å². The molecule has 2 rings (SSSR count). The van der Waals surface area contributed by atoms with Gasteiger partial charge >= 0.3 is 0 Å². The summed E-state index contributed by atoms with van der Waals surface area (Å²) in [5.74, 6) is 0.633. The first-order valence-electron chi connectivity index (χ1n) is 5.00. The molecular weight excluding hydrogens is 259 g/mol. The van der Waals surface area contributed by atoms with Crippen molar-refractivity contribution in [1.82, 2.24) is 9.97 Å². The summed E-state index contributed by atoms with van der Waals surface area (Å²) in [7, 11) is 0. The van der Waals surface area contributed by atoms with Gasteiger partial charge in [-0.3, -0.25) is 4.98 Å². The summed E-state index contributed by atoms with van der Waals surface area (Å²) in [6, 6.07) is 5.63. The van der Waals surface area contributed by atoms with Gasteiger partial charge in [-0.2, -0.15) is 0 Å². The molecule has 2 aromatic rings. The fourth-order valence-corrected chi connectivity index (χ4v) is 1.68. The Balaban J connectivity index is 2.04. The van der Waals surface area contributed by atoms with E-state index in [0.29, 0.717) is 28.2 Å². The van der Waals surface area contributed by atoms with Crippen LogP contribution in [-0.4, -0.2) is 9.97 Å². The van der Waals surface area contributed by atoms with Crippen molar-refractivity contribution in [3.8, 4) is 5.75 Å². The second-order valence-electron chi connectivity index (χ2n) is 3.55. The molecule has 0 atom stereocenters. The number of hydrogen-bond donors (Lipinski definition) is 0. The van der Waals surface area contributed by atoms with E-state index >= 15 is 0 Å². The smallest absolute Gasteiger partial charge is 0.147 e. The normalized spacial score (nSPS) is 10.3. The van der Waals surface area contributed by atoms with E-state index in [9.17, 15) is 0 Å². The molecule has 0 N–H and O–H groups in total. The van der Waals surface area contributed by atoms with Crippen molar-refractivity contribution < 1.29 is 4.74 Å². The molecule has 0 radical (unpaired) electrons. The highest BCUT2D eigenvalue weighted by Gasteiger charge is 2.03. The molecular formula is C12H10Cl2N2O. The Morgan fingerprint density at radius 1 is 1.18 bits per heavy atom. The molecule has 1 aromatic heterocycles. The fourth-order valence-electron chi connectivity index (χ4n) is 1.29. The van der Waals surface area contributed by atoms with Gasteiger partial charge in [-0.15, -0.1) is 0 Å². The van der Waals surface area contributed by atoms with Gasteiger partial charge in [0.25, 0.3) is 0 Å². The lowest BCUT2D eigenvalue weighted by Gasteiger charge is -2.07. The van der Waals surface area contributed by atoms with Crippen LogP contribution in [0.3, 0.4) is 0 Å². The molecule has 0 amide bonds. The van der Waals surface area contributed by atoms with Crippen molar-refractivity contribution in [2.24, 2.45) is 0 Å². The second kappa shape index (κ2) is 5.34. The van der Waals surface area contributed by atoms with Gasteiger partial charge in [0.1, 0.15) is 17.5 Å². The molecule has 5 heteroatoms. The van der Waals surface area contributed by atoms with Crippen molar-refractivity contribution in [3.05, 3.63) is 52.0 Å². The molecule has 0 saturated heterocycles. The van der Waals surface area contributed by atoms with Crippen LogP contribution in [0.2, 0.25) is 10.2 Å². The molecule has 0 unspecified atom stereocenters. The molecule has 0 bridgehead atoms. The highest BCUT2D eigenvalue weighted by molar-refractivity contribution is 6.32. The van der Waals surface area contributed by atoms with Gasteiger partial charge in [0.05, 0.1) is 23.1 Å². The van der Waals surface area contributed by atoms with E-state index in [0.717, 1.165) is 5.56 Å². The van der Waals surface area contributed by atoms with Crippen molar-refractivity contribution in [2.75, 3.05) is 0 Å². The first-order chi connectivity index (χ1) is 8.15. The number of nitrogens with zero attached hydrogens (tertiary/aromatic N) is 2. The van der Waals surface area contributed by atoms with E-state index in [1.165, 1.54) is 6.20 Å². The molecule has 0 aliphatic rings. The van der Waals surface area contributed by atoms with Gasteiger partial charge in [-0.05, 0) is 24.6 Å². The topological polar surface area (TPSA) is 35.0 Å². The Morgan fingerprint density at radius 3 is 2.65 bits per heavy atom. The minimum atomic E-state index is 0.312. The van der Waals surface area contributed by atoms with Crippen LogP contribution in [-0.2, 0) is 6.61 Å². The third kappa shape index (κ3) is 3.32. The van der Waals surface area contributed by atoms with E-state index in [-0.39, 0.29) is 0 Å². The Kier molecular flexibility index (Phi) is 3.82. The van der Waals surface area contributed by atoms with Crippen molar-refractivity contribution in [3.63, 3.8) is 0 Å². The predicted octanol–water partition coefficient (Wildman–Crippen LogP) is 3.67. The number of rotatable bonds is 3. The maximum absolute atomic E-state index is 6.04. The van der Waals surface area contributed by atoms with Crippen LogP contribution in [0.25, 0.3) is 0 Å². The molecule has 0 saturated carbocycles. The molecule has 88 valence electrons. The Bertz CT molecular complexity index is 514. The summed E-state index contributed by atoms with van der Waals surface area (Å²) in [5.41, 5.74) is 1.79. The third-order valence-electron chi connectivity index (χ3n) is 2.14. The van der Waals surface area contributed by atoms with Crippen molar-refractivity contribution in [1.29, 1.82) is 0 Å². The standard InChI is InChI=1S/C12H10Cl2N2O/c1-8-2-3-11(10(13)4-8)17-7-9-5-16-12(14)6-15-9/h2-6H,7H2,1H3. The van der Waals surface area contributed by atoms with Crippen molar-refractivity contribution in [2.45, 2.75) is 13.5 Å². The predicted molar refractivity (Wildman–Crippen MR) is 67.6 cm³/mol. The van der Waals surface area contributed by atoms with Gasteiger partial charge < -0.3 is 4.74 Å². The summed E-state index contributed by atoms with van der Waals surface area (Å²) in [6.07, 6.45) is 3.06. The first kappa shape index (κ1) is 12.1. The number of ether oxygens (including phenoxy) is 1. The molecule has 1 aromatic carbocycles. The molecule has 0 aliphatic carbocycles. The van der Waals surface area contributed by atoms with Gasteiger partial charge in [-0.1, -0.05) is 29.3 Å². The Morgan fingerprint density at radius 2 is 2.00 bits per heavy atom. The van der Waals surface area contributed by atoms with E-state index in [2.05, 4.69) is 9.97 Å². The first-order valence-corrected chi connectivity index (χ1v) is 5.76. The summed E-state index contributed by atoms with van der Waals surface area (Å²) < 4.78 is 5.54. The fraction of sp³-hybridized carbons (Fsp3) is 0.167. The van der Waals surface area contributed by atoms with Crippen LogP contribution < -0.4 is 4.74 Å². The lowest BCUT2D eigenvalue weighted by molar-refractivity contribution is 0.301. The number of aryl methyl sites for hydroxylation is 1. The minimum absolute atomic E-state index is 0.312. The van der Waals surface area contributed by atoms with E-state index in [1.54, 1.807) is 6.20 Å². The lowest BCUT2D eigenvalue weighted by Crippen LogP contribution is -1.99. The summed E-state index contributed by atoms with van der Waals surface area (Å²) >= 11 is 11.7. The van der Waals surface area contributed by atoms with Gasteiger partial charge in [-0.25, -0.2) is 4.98 Å². The molecule has 0 fully saturated rings. The van der Waals surface area contributed by atoms with Crippen LogP contribution in [0.4, 0.5) is 0 Å². The third-order valence-corrected chi connectivity index (χ3v) is 2.63. The van der Waals surface area contributed by atoms with Crippen LogP contribution in [0.5, 0.6) is 5.75 Å². The number of hydrogen-bond acceptors (Lipinski definition) is 3. The number of aromatic nitrogens is 2. The zero-order valence-corrected chi connectivity index (χ0v) is 10.7.